The highest BCUT2D eigenvalue weighted by molar-refractivity contribution is 5.94. The fourth-order valence-electron chi connectivity index (χ4n) is 3.75. The molecule has 2 heterocycles. The van der Waals surface area contributed by atoms with Gasteiger partial charge in [0.25, 0.3) is 5.91 Å². The fourth-order valence-corrected chi connectivity index (χ4v) is 3.75. The average molecular weight is 333 g/mol. The van der Waals surface area contributed by atoms with E-state index >= 15 is 0 Å². The molecule has 2 aliphatic rings. The second kappa shape index (κ2) is 7.68. The van der Waals surface area contributed by atoms with Crippen molar-refractivity contribution in [2.75, 3.05) is 26.2 Å². The highest BCUT2D eigenvalue weighted by atomic mass is 16.5. The van der Waals surface area contributed by atoms with Crippen LogP contribution in [0.15, 0.2) is 10.7 Å². The summed E-state index contributed by atoms with van der Waals surface area (Å²) in [5.41, 5.74) is 0.662. The molecule has 1 saturated carbocycles. The summed E-state index contributed by atoms with van der Waals surface area (Å²) in [6, 6.07) is 0.450. The summed E-state index contributed by atoms with van der Waals surface area (Å²) >= 11 is 0. The van der Waals surface area contributed by atoms with Gasteiger partial charge in [-0.25, -0.2) is 0 Å². The summed E-state index contributed by atoms with van der Waals surface area (Å²) in [5, 5.41) is 3.86. The van der Waals surface area contributed by atoms with Gasteiger partial charge in [0.1, 0.15) is 11.3 Å². The lowest BCUT2D eigenvalue weighted by atomic mass is 10.0. The van der Waals surface area contributed by atoms with Crippen LogP contribution in [0.3, 0.4) is 0 Å². The van der Waals surface area contributed by atoms with E-state index < -0.39 is 0 Å². The Morgan fingerprint density at radius 3 is 2.83 bits per heavy atom. The molecule has 1 aromatic rings. The second-order valence-corrected chi connectivity index (χ2v) is 7.77. The van der Waals surface area contributed by atoms with Gasteiger partial charge in [0.05, 0.1) is 6.20 Å². The quantitative estimate of drug-likeness (QED) is 0.802. The maximum atomic E-state index is 13.0. The molecular formula is C19H31N3O2. The number of aryl methyl sites for hydroxylation is 1. The van der Waals surface area contributed by atoms with E-state index in [0.29, 0.717) is 17.5 Å². The van der Waals surface area contributed by atoms with Crippen LogP contribution < -0.4 is 0 Å². The Morgan fingerprint density at radius 2 is 2.17 bits per heavy atom. The molecule has 1 saturated heterocycles. The summed E-state index contributed by atoms with van der Waals surface area (Å²) in [6.07, 6.45) is 7.15. The standard InChI is InChI=1S/C19H31N3O2/c1-4-6-18-16(11-20-24-18)19(23)22-10-5-9-21(12-15-7-8-15)17(13-22)14(2)3/h11,14-15,17H,4-10,12-13H2,1-3H3/t17-/m0/s1. The molecule has 1 atom stereocenters. The second-order valence-electron chi connectivity index (χ2n) is 7.77. The number of amides is 1. The Balaban J connectivity index is 1.72. The van der Waals surface area contributed by atoms with E-state index in [0.717, 1.165) is 50.6 Å². The largest absolute Gasteiger partial charge is 0.361 e. The van der Waals surface area contributed by atoms with Crippen molar-refractivity contribution in [2.24, 2.45) is 11.8 Å². The third kappa shape index (κ3) is 4.00. The van der Waals surface area contributed by atoms with Gasteiger partial charge in [-0.1, -0.05) is 25.9 Å². The zero-order valence-electron chi connectivity index (χ0n) is 15.3. The third-order valence-corrected chi connectivity index (χ3v) is 5.35. The predicted molar refractivity (Wildman–Crippen MR) is 93.9 cm³/mol. The summed E-state index contributed by atoms with van der Waals surface area (Å²) in [7, 11) is 0. The first kappa shape index (κ1) is 17.5. The molecule has 5 nitrogen and oxygen atoms in total. The Bertz CT molecular complexity index is 551. The van der Waals surface area contributed by atoms with Crippen LogP contribution in [0, 0.1) is 11.8 Å². The molecule has 1 aliphatic carbocycles. The van der Waals surface area contributed by atoms with Gasteiger partial charge in [-0.05, 0) is 37.5 Å². The summed E-state index contributed by atoms with van der Waals surface area (Å²) in [6.45, 7) is 10.6. The Morgan fingerprint density at radius 1 is 1.38 bits per heavy atom. The van der Waals surface area contributed by atoms with E-state index in [1.54, 1.807) is 6.20 Å². The number of carbonyl (C=O) groups is 1. The highest BCUT2D eigenvalue weighted by Crippen LogP contribution is 2.32. The summed E-state index contributed by atoms with van der Waals surface area (Å²) in [4.78, 5) is 17.7. The Kier molecular flexibility index (Phi) is 5.59. The minimum atomic E-state index is 0.0959. The van der Waals surface area contributed by atoms with E-state index in [1.165, 1.54) is 19.4 Å². The van der Waals surface area contributed by atoms with Crippen molar-refractivity contribution in [3.63, 3.8) is 0 Å². The average Bonchev–Trinajstić information content (AvgIpc) is 3.29. The van der Waals surface area contributed by atoms with Crippen LogP contribution in [0.5, 0.6) is 0 Å². The van der Waals surface area contributed by atoms with Gasteiger partial charge in [-0.15, -0.1) is 0 Å². The van der Waals surface area contributed by atoms with Crippen molar-refractivity contribution in [1.29, 1.82) is 0 Å². The van der Waals surface area contributed by atoms with Crippen LogP contribution in [0.4, 0.5) is 0 Å². The molecule has 3 rings (SSSR count). The van der Waals surface area contributed by atoms with Crippen LogP contribution in [0.1, 0.15) is 62.6 Å². The van der Waals surface area contributed by atoms with E-state index in [1.807, 2.05) is 4.90 Å². The van der Waals surface area contributed by atoms with E-state index in [4.69, 9.17) is 4.52 Å². The maximum absolute atomic E-state index is 13.0. The van der Waals surface area contributed by atoms with Crippen LogP contribution in [-0.2, 0) is 6.42 Å². The van der Waals surface area contributed by atoms with Crippen LogP contribution in [0.2, 0.25) is 0 Å². The molecule has 2 fully saturated rings. The molecule has 0 spiro atoms. The molecule has 0 aromatic carbocycles. The van der Waals surface area contributed by atoms with Gasteiger partial charge in [0.2, 0.25) is 0 Å². The normalized spacial score (nSPS) is 22.8. The lowest BCUT2D eigenvalue weighted by Crippen LogP contribution is -2.46. The van der Waals surface area contributed by atoms with Crippen LogP contribution in [-0.4, -0.2) is 53.1 Å². The van der Waals surface area contributed by atoms with Crippen molar-refractivity contribution in [3.05, 3.63) is 17.5 Å². The molecule has 0 radical (unpaired) electrons. The summed E-state index contributed by atoms with van der Waals surface area (Å²) in [5.74, 6) is 2.28. The third-order valence-electron chi connectivity index (χ3n) is 5.35. The van der Waals surface area contributed by atoms with Crippen molar-refractivity contribution >= 4 is 5.91 Å². The smallest absolute Gasteiger partial charge is 0.259 e. The van der Waals surface area contributed by atoms with E-state index in [2.05, 4.69) is 30.8 Å². The molecule has 0 unspecified atom stereocenters. The maximum Gasteiger partial charge on any atom is 0.259 e. The SMILES string of the molecule is CCCc1oncc1C(=O)N1CCCN(CC2CC2)[C@H](C(C)C)C1. The van der Waals surface area contributed by atoms with E-state index in [9.17, 15) is 4.79 Å². The monoisotopic (exact) mass is 333 g/mol. The fraction of sp³-hybridized carbons (Fsp3) is 0.789. The lowest BCUT2D eigenvalue weighted by molar-refractivity contribution is 0.0702. The zero-order chi connectivity index (χ0) is 17.1. The van der Waals surface area contributed by atoms with Gasteiger partial charge in [0.15, 0.2) is 0 Å². The van der Waals surface area contributed by atoms with Gasteiger partial charge >= 0.3 is 0 Å². The number of nitrogens with zero attached hydrogens (tertiary/aromatic N) is 3. The Labute approximate surface area is 145 Å². The molecule has 24 heavy (non-hydrogen) atoms. The van der Waals surface area contributed by atoms with Crippen molar-refractivity contribution < 1.29 is 9.32 Å². The first-order chi connectivity index (χ1) is 11.6. The molecule has 0 N–H and O–H groups in total. The number of rotatable bonds is 6. The van der Waals surface area contributed by atoms with Crippen molar-refractivity contribution in [3.8, 4) is 0 Å². The van der Waals surface area contributed by atoms with Crippen molar-refractivity contribution in [1.82, 2.24) is 15.0 Å². The molecule has 5 heteroatoms. The first-order valence-corrected chi connectivity index (χ1v) is 9.57. The molecule has 1 amide bonds. The van der Waals surface area contributed by atoms with Crippen LogP contribution in [0.25, 0.3) is 0 Å². The first-order valence-electron chi connectivity index (χ1n) is 9.57. The number of carbonyl (C=O) groups excluding carboxylic acids is 1. The summed E-state index contributed by atoms with van der Waals surface area (Å²) < 4.78 is 5.30. The van der Waals surface area contributed by atoms with Crippen molar-refractivity contribution in [2.45, 2.75) is 58.9 Å². The van der Waals surface area contributed by atoms with E-state index in [-0.39, 0.29) is 5.91 Å². The lowest BCUT2D eigenvalue weighted by Gasteiger charge is -2.34. The highest BCUT2D eigenvalue weighted by Gasteiger charge is 2.34. The minimum absolute atomic E-state index is 0.0959. The molecule has 1 aromatic heterocycles. The van der Waals surface area contributed by atoms with Gasteiger partial charge in [-0.3, -0.25) is 9.69 Å². The van der Waals surface area contributed by atoms with Gasteiger partial charge in [-0.2, -0.15) is 0 Å². The topological polar surface area (TPSA) is 49.6 Å². The number of aromatic nitrogens is 1. The molecular weight excluding hydrogens is 302 g/mol. The molecule has 134 valence electrons. The number of hydrogen-bond acceptors (Lipinski definition) is 4. The molecule has 1 aliphatic heterocycles. The van der Waals surface area contributed by atoms with Gasteiger partial charge < -0.3 is 9.42 Å². The Hall–Kier alpha value is -1.36. The van der Waals surface area contributed by atoms with Gasteiger partial charge in [0, 0.05) is 38.6 Å². The predicted octanol–water partition coefficient (Wildman–Crippen LogP) is 3.21. The molecule has 0 bridgehead atoms. The zero-order valence-corrected chi connectivity index (χ0v) is 15.3. The number of hydrogen-bond donors (Lipinski definition) is 0. The van der Waals surface area contributed by atoms with Crippen LogP contribution >= 0.6 is 0 Å². The minimum Gasteiger partial charge on any atom is -0.361 e.